The molecule has 0 saturated carbocycles. The fraction of sp³-hybridized carbons (Fsp3) is 0.429. The van der Waals surface area contributed by atoms with Gasteiger partial charge in [-0.25, -0.2) is 0 Å². The third kappa shape index (κ3) is 2.23. The number of esters is 1. The lowest BCUT2D eigenvalue weighted by molar-refractivity contribution is -0.146. The van der Waals surface area contributed by atoms with Gasteiger partial charge in [-0.15, -0.1) is 0 Å². The highest BCUT2D eigenvalue weighted by atomic mass is 16.5. The third-order valence-corrected chi connectivity index (χ3v) is 3.39. The van der Waals surface area contributed by atoms with E-state index >= 15 is 0 Å². The van der Waals surface area contributed by atoms with Crippen LogP contribution in [0.25, 0.3) is 0 Å². The maximum absolute atomic E-state index is 11.7. The first-order chi connectivity index (χ1) is 8.13. The molecule has 0 bridgehead atoms. The Balaban J connectivity index is 2.33. The number of Topliss-reactive ketones (excluding diaryl/α,β-unsaturated/α-hetero) is 1. The van der Waals surface area contributed by atoms with Gasteiger partial charge in [0.1, 0.15) is 5.78 Å². The van der Waals surface area contributed by atoms with Crippen molar-refractivity contribution in [3.05, 3.63) is 35.4 Å². The van der Waals surface area contributed by atoms with Crippen LogP contribution in [0.4, 0.5) is 0 Å². The standard InChI is InChI=1S/C14H16O3/c1-9(15)7-12-11-6-4-3-5-10(11)8-13(12)14(16)17-2/h3-6,12-13H,7-8H2,1-2H3/t12-,13+/m0/s1. The van der Waals surface area contributed by atoms with Crippen LogP contribution in [0.1, 0.15) is 30.4 Å². The molecule has 17 heavy (non-hydrogen) atoms. The van der Waals surface area contributed by atoms with Crippen molar-refractivity contribution in [1.29, 1.82) is 0 Å². The number of carbonyl (C=O) groups is 2. The summed E-state index contributed by atoms with van der Waals surface area (Å²) >= 11 is 0. The Labute approximate surface area is 101 Å². The zero-order valence-electron chi connectivity index (χ0n) is 10.1. The number of hydrogen-bond acceptors (Lipinski definition) is 3. The van der Waals surface area contributed by atoms with Gasteiger partial charge in [0.05, 0.1) is 13.0 Å². The summed E-state index contributed by atoms with van der Waals surface area (Å²) < 4.78 is 4.83. The van der Waals surface area contributed by atoms with E-state index in [0.717, 1.165) is 11.1 Å². The van der Waals surface area contributed by atoms with Crippen molar-refractivity contribution >= 4 is 11.8 Å². The van der Waals surface area contributed by atoms with Crippen molar-refractivity contribution < 1.29 is 14.3 Å². The molecule has 0 unspecified atom stereocenters. The molecule has 3 heteroatoms. The summed E-state index contributed by atoms with van der Waals surface area (Å²) in [4.78, 5) is 23.1. The summed E-state index contributed by atoms with van der Waals surface area (Å²) in [5.74, 6) is -0.328. The molecule has 0 aliphatic heterocycles. The number of ketones is 1. The maximum Gasteiger partial charge on any atom is 0.309 e. The van der Waals surface area contributed by atoms with Crippen LogP contribution in [0.15, 0.2) is 24.3 Å². The highest BCUT2D eigenvalue weighted by Gasteiger charge is 2.38. The molecule has 0 radical (unpaired) electrons. The molecule has 0 heterocycles. The minimum Gasteiger partial charge on any atom is -0.469 e. The molecular weight excluding hydrogens is 216 g/mol. The predicted molar refractivity (Wildman–Crippen MR) is 63.7 cm³/mol. The summed E-state index contributed by atoms with van der Waals surface area (Å²) in [6, 6.07) is 7.94. The Hall–Kier alpha value is -1.64. The van der Waals surface area contributed by atoms with Crippen molar-refractivity contribution in [1.82, 2.24) is 0 Å². The average Bonchev–Trinajstić information content (AvgIpc) is 2.67. The monoisotopic (exact) mass is 232 g/mol. The Kier molecular flexibility index (Phi) is 3.27. The van der Waals surface area contributed by atoms with Gasteiger partial charge >= 0.3 is 5.97 Å². The van der Waals surface area contributed by atoms with Gasteiger partial charge in [0.25, 0.3) is 0 Å². The normalized spacial score (nSPS) is 22.0. The zero-order valence-corrected chi connectivity index (χ0v) is 10.1. The van der Waals surface area contributed by atoms with Crippen molar-refractivity contribution in [2.45, 2.75) is 25.7 Å². The molecule has 0 spiro atoms. The molecule has 1 aliphatic carbocycles. The lowest BCUT2D eigenvalue weighted by Gasteiger charge is -2.16. The Morgan fingerprint density at radius 2 is 2.06 bits per heavy atom. The molecule has 3 nitrogen and oxygen atoms in total. The van der Waals surface area contributed by atoms with E-state index in [0.29, 0.717) is 12.8 Å². The van der Waals surface area contributed by atoms with Gasteiger partial charge in [0.15, 0.2) is 0 Å². The Morgan fingerprint density at radius 3 is 2.71 bits per heavy atom. The smallest absolute Gasteiger partial charge is 0.309 e. The number of hydrogen-bond donors (Lipinski definition) is 0. The fourth-order valence-corrected chi connectivity index (χ4v) is 2.64. The summed E-state index contributed by atoms with van der Waals surface area (Å²) in [5, 5.41) is 0. The van der Waals surface area contributed by atoms with Gasteiger partial charge in [-0.2, -0.15) is 0 Å². The van der Waals surface area contributed by atoms with Crippen LogP contribution >= 0.6 is 0 Å². The summed E-state index contributed by atoms with van der Waals surface area (Å²) in [7, 11) is 1.40. The molecule has 0 aromatic heterocycles. The van der Waals surface area contributed by atoms with Gasteiger partial charge in [-0.3, -0.25) is 4.79 Å². The highest BCUT2D eigenvalue weighted by Crippen LogP contribution is 2.40. The van der Waals surface area contributed by atoms with Crippen LogP contribution in [-0.4, -0.2) is 18.9 Å². The minimum atomic E-state index is -0.215. The second-order valence-corrected chi connectivity index (χ2v) is 4.55. The van der Waals surface area contributed by atoms with Crippen LogP contribution in [0.5, 0.6) is 0 Å². The molecule has 2 atom stereocenters. The molecule has 2 rings (SSSR count). The number of methoxy groups -OCH3 is 1. The minimum absolute atomic E-state index is 0.0175. The average molecular weight is 232 g/mol. The van der Waals surface area contributed by atoms with E-state index in [-0.39, 0.29) is 23.6 Å². The molecule has 0 amide bonds. The van der Waals surface area contributed by atoms with Crippen LogP contribution in [0, 0.1) is 5.92 Å². The van der Waals surface area contributed by atoms with Crippen molar-refractivity contribution in [3.63, 3.8) is 0 Å². The van der Waals surface area contributed by atoms with E-state index < -0.39 is 0 Å². The summed E-state index contributed by atoms with van der Waals surface area (Å²) in [5.41, 5.74) is 2.28. The number of carbonyl (C=O) groups excluding carboxylic acids is 2. The molecule has 0 fully saturated rings. The summed E-state index contributed by atoms with van der Waals surface area (Å²) in [6.07, 6.45) is 1.09. The first kappa shape index (κ1) is 11.8. The van der Waals surface area contributed by atoms with E-state index in [1.54, 1.807) is 6.92 Å². The number of fused-ring (bicyclic) bond motifs is 1. The van der Waals surface area contributed by atoms with Gasteiger partial charge in [0.2, 0.25) is 0 Å². The van der Waals surface area contributed by atoms with E-state index in [4.69, 9.17) is 4.74 Å². The second kappa shape index (κ2) is 4.70. The van der Waals surface area contributed by atoms with Crippen LogP contribution < -0.4 is 0 Å². The highest BCUT2D eigenvalue weighted by molar-refractivity contribution is 5.80. The first-order valence-electron chi connectivity index (χ1n) is 5.78. The molecule has 1 aromatic carbocycles. The fourth-order valence-electron chi connectivity index (χ4n) is 2.64. The number of ether oxygens (including phenoxy) is 1. The Morgan fingerprint density at radius 1 is 1.35 bits per heavy atom. The zero-order chi connectivity index (χ0) is 12.4. The maximum atomic E-state index is 11.7. The predicted octanol–water partition coefficient (Wildman–Crippen LogP) is 2.09. The molecule has 1 aromatic rings. The van der Waals surface area contributed by atoms with Gasteiger partial charge in [-0.05, 0) is 24.5 Å². The molecular formula is C14H16O3. The first-order valence-corrected chi connectivity index (χ1v) is 5.78. The van der Waals surface area contributed by atoms with Crippen LogP contribution in [0.2, 0.25) is 0 Å². The number of rotatable bonds is 3. The van der Waals surface area contributed by atoms with Gasteiger partial charge in [-0.1, -0.05) is 24.3 Å². The van der Waals surface area contributed by atoms with E-state index in [9.17, 15) is 9.59 Å². The molecule has 0 saturated heterocycles. The van der Waals surface area contributed by atoms with Crippen molar-refractivity contribution in [2.75, 3.05) is 7.11 Å². The number of benzene rings is 1. The SMILES string of the molecule is COC(=O)[C@@H]1Cc2ccccc2[C@@H]1CC(C)=O. The molecule has 1 aliphatic rings. The van der Waals surface area contributed by atoms with Gasteiger partial charge in [0, 0.05) is 12.3 Å². The quantitative estimate of drug-likeness (QED) is 0.749. The second-order valence-electron chi connectivity index (χ2n) is 4.55. The molecule has 0 N–H and O–H groups in total. The van der Waals surface area contributed by atoms with E-state index in [1.165, 1.54) is 7.11 Å². The Bertz CT molecular complexity index is 451. The van der Waals surface area contributed by atoms with Crippen molar-refractivity contribution in [3.8, 4) is 0 Å². The van der Waals surface area contributed by atoms with E-state index in [1.807, 2.05) is 24.3 Å². The topological polar surface area (TPSA) is 43.4 Å². The lowest BCUT2D eigenvalue weighted by atomic mass is 9.88. The summed E-state index contributed by atoms with van der Waals surface area (Å²) in [6.45, 7) is 1.56. The van der Waals surface area contributed by atoms with Crippen LogP contribution in [-0.2, 0) is 20.7 Å². The largest absolute Gasteiger partial charge is 0.469 e. The van der Waals surface area contributed by atoms with Crippen molar-refractivity contribution in [2.24, 2.45) is 5.92 Å². The lowest BCUT2D eigenvalue weighted by Crippen LogP contribution is -2.22. The van der Waals surface area contributed by atoms with Crippen LogP contribution in [0.3, 0.4) is 0 Å². The van der Waals surface area contributed by atoms with Gasteiger partial charge < -0.3 is 9.53 Å². The molecule has 90 valence electrons. The third-order valence-electron chi connectivity index (χ3n) is 3.39. The van der Waals surface area contributed by atoms with E-state index in [2.05, 4.69) is 0 Å².